The molecule has 0 radical (unpaired) electrons. The van der Waals surface area contributed by atoms with Crippen LogP contribution in [0.3, 0.4) is 0 Å². The van der Waals surface area contributed by atoms with E-state index in [2.05, 4.69) is 58.0 Å². The summed E-state index contributed by atoms with van der Waals surface area (Å²) in [4.78, 5) is 20.0. The summed E-state index contributed by atoms with van der Waals surface area (Å²) < 4.78 is 5.24. The number of aryl methyl sites for hydroxylation is 1. The van der Waals surface area contributed by atoms with Crippen LogP contribution in [0.4, 0.5) is 0 Å². The smallest absolute Gasteiger partial charge is 0.237 e. The summed E-state index contributed by atoms with van der Waals surface area (Å²) in [5.74, 6) is 1.12. The lowest BCUT2D eigenvalue weighted by atomic mass is 10.1. The van der Waals surface area contributed by atoms with E-state index in [1.165, 1.54) is 16.7 Å². The molecule has 160 valence electrons. The number of hydrogen-bond acceptors (Lipinski definition) is 4. The number of carbonyl (C=O) groups excluding carboxylic acids is 1. The monoisotopic (exact) mass is 407 g/mol. The molecule has 5 heteroatoms. The fourth-order valence-electron chi connectivity index (χ4n) is 4.19. The number of piperazine rings is 1. The zero-order chi connectivity index (χ0) is 20.9. The molecule has 1 saturated heterocycles. The third-order valence-electron chi connectivity index (χ3n) is 6.13. The van der Waals surface area contributed by atoms with Gasteiger partial charge in [0.05, 0.1) is 13.7 Å². The minimum Gasteiger partial charge on any atom is -0.497 e. The summed E-state index contributed by atoms with van der Waals surface area (Å²) in [6, 6.07) is 17.2. The number of amides is 1. The largest absolute Gasteiger partial charge is 0.497 e. The van der Waals surface area contributed by atoms with Crippen molar-refractivity contribution in [3.8, 4) is 5.75 Å². The summed E-state index contributed by atoms with van der Waals surface area (Å²) in [6.45, 7) is 8.31. The Hall–Kier alpha value is -2.37. The standard InChI is InChI=1S/C25H33N3O2/c1-20-4-3-5-22(16-20)17-26-12-14-27(15-13-26)19-25(29)28(23-8-9-23)18-21-6-10-24(30-2)11-7-21/h3-7,10-11,16,23H,8-9,12-15,17-19H2,1-2H3. The summed E-state index contributed by atoms with van der Waals surface area (Å²) in [5, 5.41) is 0. The van der Waals surface area contributed by atoms with Crippen LogP contribution in [0.1, 0.15) is 29.5 Å². The number of nitrogens with zero attached hydrogens (tertiary/aromatic N) is 3. The Morgan fingerprint density at radius 1 is 1.00 bits per heavy atom. The summed E-state index contributed by atoms with van der Waals surface area (Å²) in [6.07, 6.45) is 2.26. The normalized spacial score (nSPS) is 17.7. The highest BCUT2D eigenvalue weighted by Gasteiger charge is 2.33. The van der Waals surface area contributed by atoms with E-state index >= 15 is 0 Å². The quantitative estimate of drug-likeness (QED) is 0.673. The number of ether oxygens (including phenoxy) is 1. The highest BCUT2D eigenvalue weighted by molar-refractivity contribution is 5.79. The molecular weight excluding hydrogens is 374 g/mol. The van der Waals surface area contributed by atoms with Gasteiger partial charge in [-0.1, -0.05) is 42.0 Å². The zero-order valence-electron chi connectivity index (χ0n) is 18.2. The molecule has 1 aliphatic carbocycles. The van der Waals surface area contributed by atoms with Gasteiger partial charge in [-0.05, 0) is 43.0 Å². The van der Waals surface area contributed by atoms with E-state index in [9.17, 15) is 4.79 Å². The molecular formula is C25H33N3O2. The molecule has 30 heavy (non-hydrogen) atoms. The minimum atomic E-state index is 0.264. The van der Waals surface area contributed by atoms with Gasteiger partial charge < -0.3 is 9.64 Å². The third kappa shape index (κ3) is 5.61. The van der Waals surface area contributed by atoms with Crippen LogP contribution in [-0.2, 0) is 17.9 Å². The second-order valence-electron chi connectivity index (χ2n) is 8.64. The van der Waals surface area contributed by atoms with Crippen molar-refractivity contribution in [1.82, 2.24) is 14.7 Å². The van der Waals surface area contributed by atoms with Crippen molar-refractivity contribution >= 4 is 5.91 Å². The van der Waals surface area contributed by atoms with Gasteiger partial charge in [-0.25, -0.2) is 0 Å². The van der Waals surface area contributed by atoms with Gasteiger partial charge in [0.15, 0.2) is 0 Å². The number of rotatable bonds is 8. The highest BCUT2D eigenvalue weighted by atomic mass is 16.5. The Balaban J connectivity index is 1.27. The molecule has 2 aliphatic rings. The minimum absolute atomic E-state index is 0.264. The van der Waals surface area contributed by atoms with E-state index < -0.39 is 0 Å². The van der Waals surface area contributed by atoms with E-state index in [-0.39, 0.29) is 5.91 Å². The lowest BCUT2D eigenvalue weighted by Gasteiger charge is -2.35. The Morgan fingerprint density at radius 2 is 1.70 bits per heavy atom. The molecule has 0 spiro atoms. The molecule has 2 aromatic rings. The van der Waals surface area contributed by atoms with Crippen LogP contribution in [0.15, 0.2) is 48.5 Å². The van der Waals surface area contributed by atoms with E-state index in [0.29, 0.717) is 19.1 Å². The van der Waals surface area contributed by atoms with Gasteiger partial charge in [-0.2, -0.15) is 0 Å². The van der Waals surface area contributed by atoms with E-state index in [0.717, 1.165) is 51.3 Å². The summed E-state index contributed by atoms with van der Waals surface area (Å²) >= 11 is 0. The van der Waals surface area contributed by atoms with Crippen LogP contribution in [0.2, 0.25) is 0 Å². The molecule has 2 fully saturated rings. The Bertz CT molecular complexity index is 840. The molecule has 0 unspecified atom stereocenters. The van der Waals surface area contributed by atoms with Gasteiger partial charge in [0.2, 0.25) is 5.91 Å². The topological polar surface area (TPSA) is 36.0 Å². The van der Waals surface area contributed by atoms with Crippen LogP contribution >= 0.6 is 0 Å². The van der Waals surface area contributed by atoms with Crippen molar-refractivity contribution in [2.75, 3.05) is 39.8 Å². The second-order valence-corrected chi connectivity index (χ2v) is 8.64. The molecule has 5 nitrogen and oxygen atoms in total. The van der Waals surface area contributed by atoms with Gasteiger partial charge in [0, 0.05) is 45.3 Å². The first kappa shape index (κ1) is 20.9. The first-order valence-electron chi connectivity index (χ1n) is 11.0. The van der Waals surface area contributed by atoms with E-state index in [1.807, 2.05) is 12.1 Å². The van der Waals surface area contributed by atoms with Crippen molar-refractivity contribution in [2.45, 2.75) is 38.9 Å². The lowest BCUT2D eigenvalue weighted by molar-refractivity contribution is -0.134. The average Bonchev–Trinajstić information content (AvgIpc) is 3.59. The molecule has 0 bridgehead atoms. The molecule has 1 heterocycles. The molecule has 0 N–H and O–H groups in total. The summed E-state index contributed by atoms with van der Waals surface area (Å²) in [5.41, 5.74) is 3.85. The maximum absolute atomic E-state index is 13.1. The first-order chi connectivity index (χ1) is 14.6. The maximum atomic E-state index is 13.1. The van der Waals surface area contributed by atoms with Crippen molar-refractivity contribution in [3.63, 3.8) is 0 Å². The van der Waals surface area contributed by atoms with Crippen LogP contribution in [0.25, 0.3) is 0 Å². The highest BCUT2D eigenvalue weighted by Crippen LogP contribution is 2.29. The SMILES string of the molecule is COc1ccc(CN(C(=O)CN2CCN(Cc3cccc(C)c3)CC2)C2CC2)cc1. The lowest BCUT2D eigenvalue weighted by Crippen LogP contribution is -2.50. The molecule has 1 saturated carbocycles. The molecule has 0 atom stereocenters. The number of carbonyl (C=O) groups is 1. The second kappa shape index (κ2) is 9.63. The Labute approximate surface area is 180 Å². The number of methoxy groups -OCH3 is 1. The van der Waals surface area contributed by atoms with Crippen LogP contribution in [0, 0.1) is 6.92 Å². The molecule has 1 amide bonds. The van der Waals surface area contributed by atoms with Crippen LogP contribution in [-0.4, -0.2) is 66.5 Å². The van der Waals surface area contributed by atoms with Gasteiger partial charge in [-0.3, -0.25) is 14.6 Å². The van der Waals surface area contributed by atoms with Gasteiger partial charge >= 0.3 is 0 Å². The van der Waals surface area contributed by atoms with Gasteiger partial charge in [0.1, 0.15) is 5.75 Å². The molecule has 0 aromatic heterocycles. The molecule has 2 aromatic carbocycles. The Morgan fingerprint density at radius 3 is 2.33 bits per heavy atom. The third-order valence-corrected chi connectivity index (χ3v) is 6.13. The summed E-state index contributed by atoms with van der Waals surface area (Å²) in [7, 11) is 1.68. The predicted octanol–water partition coefficient (Wildman–Crippen LogP) is 3.31. The van der Waals surface area contributed by atoms with Crippen LogP contribution in [0.5, 0.6) is 5.75 Å². The van der Waals surface area contributed by atoms with Crippen molar-refractivity contribution in [1.29, 1.82) is 0 Å². The maximum Gasteiger partial charge on any atom is 0.237 e. The number of hydrogen-bond donors (Lipinski definition) is 0. The first-order valence-corrected chi connectivity index (χ1v) is 11.0. The fourth-order valence-corrected chi connectivity index (χ4v) is 4.19. The van der Waals surface area contributed by atoms with E-state index in [1.54, 1.807) is 7.11 Å². The van der Waals surface area contributed by atoms with E-state index in [4.69, 9.17) is 4.74 Å². The zero-order valence-corrected chi connectivity index (χ0v) is 18.2. The molecule has 1 aliphatic heterocycles. The Kier molecular flexibility index (Phi) is 6.70. The van der Waals surface area contributed by atoms with Crippen molar-refractivity contribution < 1.29 is 9.53 Å². The van der Waals surface area contributed by atoms with Gasteiger partial charge in [0.25, 0.3) is 0 Å². The fraction of sp³-hybridized carbons (Fsp3) is 0.480. The predicted molar refractivity (Wildman–Crippen MR) is 119 cm³/mol. The van der Waals surface area contributed by atoms with Crippen molar-refractivity contribution in [2.24, 2.45) is 0 Å². The average molecular weight is 408 g/mol. The van der Waals surface area contributed by atoms with Crippen molar-refractivity contribution in [3.05, 3.63) is 65.2 Å². The van der Waals surface area contributed by atoms with Crippen LogP contribution < -0.4 is 4.74 Å². The number of benzene rings is 2. The van der Waals surface area contributed by atoms with Gasteiger partial charge in [-0.15, -0.1) is 0 Å². The molecule has 4 rings (SSSR count).